The Hall–Kier alpha value is -3.52. The number of likely N-dealkylation sites (N-methyl/N-ethyl adjacent to an activating group) is 1. The first kappa shape index (κ1) is 21.7. The number of hydrogen-bond acceptors (Lipinski definition) is 5. The van der Waals surface area contributed by atoms with Crippen molar-refractivity contribution in [1.29, 1.82) is 0 Å². The molecule has 1 aromatic heterocycles. The third kappa shape index (κ3) is 4.27. The van der Waals surface area contributed by atoms with E-state index in [1.165, 1.54) is 12.1 Å². The summed E-state index contributed by atoms with van der Waals surface area (Å²) in [5.74, 6) is -0.0534. The Morgan fingerprint density at radius 3 is 2.34 bits per heavy atom. The molecule has 1 amide bonds. The van der Waals surface area contributed by atoms with Crippen molar-refractivity contribution in [3.8, 4) is 16.9 Å². The summed E-state index contributed by atoms with van der Waals surface area (Å²) in [6, 6.07) is 14.1. The maximum atomic E-state index is 13.5. The zero-order chi connectivity index (χ0) is 22.8. The first-order chi connectivity index (χ1) is 15.4. The normalized spacial score (nSPS) is 14.5. The average Bonchev–Trinajstić information content (AvgIpc) is 3.25. The predicted molar refractivity (Wildman–Crippen MR) is 123 cm³/mol. The summed E-state index contributed by atoms with van der Waals surface area (Å²) >= 11 is 0. The molecule has 8 heteroatoms. The van der Waals surface area contributed by atoms with Crippen LogP contribution in [-0.2, 0) is 0 Å². The van der Waals surface area contributed by atoms with Crippen molar-refractivity contribution >= 4 is 11.6 Å². The summed E-state index contributed by atoms with van der Waals surface area (Å²) in [5.41, 5.74) is 4.80. The van der Waals surface area contributed by atoms with Crippen molar-refractivity contribution in [3.05, 3.63) is 75.5 Å². The lowest BCUT2D eigenvalue weighted by Crippen LogP contribution is -2.48. The second-order valence-corrected chi connectivity index (χ2v) is 8.15. The van der Waals surface area contributed by atoms with Gasteiger partial charge in [0.05, 0.1) is 16.3 Å². The molecule has 2 aromatic carbocycles. The Kier molecular flexibility index (Phi) is 6.05. The largest absolute Gasteiger partial charge is 0.335 e. The fraction of sp³-hybridized carbons (Fsp3) is 0.333. The Bertz CT molecular complexity index is 1140. The number of nitro groups is 1. The number of nitro benzene ring substituents is 1. The standard InChI is InChI=1S/C24H27N5O3/c1-4-26-11-13-27(14-12-26)24(30)23-16-21(19-7-9-20(10-8-19)29(31)32)25-28(23)22-15-17(2)5-6-18(22)3/h5-10,15-16H,4,11-14H2,1-3H3. The van der Waals surface area contributed by atoms with E-state index in [2.05, 4.69) is 11.8 Å². The van der Waals surface area contributed by atoms with Crippen LogP contribution in [0.3, 0.4) is 0 Å². The van der Waals surface area contributed by atoms with E-state index in [1.807, 2.05) is 36.9 Å². The number of benzene rings is 2. The molecule has 8 nitrogen and oxygen atoms in total. The Balaban J connectivity index is 1.76. The summed E-state index contributed by atoms with van der Waals surface area (Å²) in [7, 11) is 0. The van der Waals surface area contributed by atoms with Crippen molar-refractivity contribution in [2.45, 2.75) is 20.8 Å². The molecule has 0 N–H and O–H groups in total. The Morgan fingerprint density at radius 2 is 1.72 bits per heavy atom. The zero-order valence-electron chi connectivity index (χ0n) is 18.6. The number of aromatic nitrogens is 2. The van der Waals surface area contributed by atoms with Gasteiger partial charge in [-0.25, -0.2) is 4.68 Å². The lowest BCUT2D eigenvalue weighted by atomic mass is 10.1. The van der Waals surface area contributed by atoms with Crippen LogP contribution < -0.4 is 0 Å². The molecule has 0 unspecified atom stereocenters. The van der Waals surface area contributed by atoms with E-state index in [1.54, 1.807) is 22.9 Å². The number of piperazine rings is 1. The number of nitrogens with zero attached hydrogens (tertiary/aromatic N) is 5. The van der Waals surface area contributed by atoms with E-state index in [9.17, 15) is 14.9 Å². The van der Waals surface area contributed by atoms with Crippen molar-refractivity contribution in [2.24, 2.45) is 0 Å². The van der Waals surface area contributed by atoms with Gasteiger partial charge in [0.25, 0.3) is 11.6 Å². The summed E-state index contributed by atoms with van der Waals surface area (Å²) in [6.07, 6.45) is 0. The molecular weight excluding hydrogens is 406 g/mol. The molecule has 0 aliphatic carbocycles. The molecule has 0 bridgehead atoms. The highest BCUT2D eigenvalue weighted by Crippen LogP contribution is 2.26. The van der Waals surface area contributed by atoms with Gasteiger partial charge < -0.3 is 9.80 Å². The van der Waals surface area contributed by atoms with Gasteiger partial charge in [0.1, 0.15) is 5.69 Å². The van der Waals surface area contributed by atoms with Gasteiger partial charge in [0, 0.05) is 43.9 Å². The van der Waals surface area contributed by atoms with Crippen molar-refractivity contribution < 1.29 is 9.72 Å². The molecule has 0 spiro atoms. The maximum absolute atomic E-state index is 13.5. The lowest BCUT2D eigenvalue weighted by Gasteiger charge is -2.34. The van der Waals surface area contributed by atoms with Crippen molar-refractivity contribution in [3.63, 3.8) is 0 Å². The van der Waals surface area contributed by atoms with E-state index in [-0.39, 0.29) is 11.6 Å². The number of carbonyl (C=O) groups excluding carboxylic acids is 1. The summed E-state index contributed by atoms with van der Waals surface area (Å²) in [4.78, 5) is 28.3. The molecule has 0 saturated carbocycles. The summed E-state index contributed by atoms with van der Waals surface area (Å²) in [6.45, 7) is 10.2. The zero-order valence-corrected chi connectivity index (χ0v) is 18.6. The van der Waals surface area contributed by atoms with Crippen LogP contribution in [0.5, 0.6) is 0 Å². The first-order valence-corrected chi connectivity index (χ1v) is 10.8. The molecule has 1 fully saturated rings. The highest BCUT2D eigenvalue weighted by Gasteiger charge is 2.26. The molecule has 1 aliphatic heterocycles. The molecule has 1 aliphatic rings. The van der Waals surface area contributed by atoms with Crippen LogP contribution >= 0.6 is 0 Å². The number of aryl methyl sites for hydroxylation is 2. The fourth-order valence-corrected chi connectivity index (χ4v) is 3.99. The Labute approximate surface area is 187 Å². The minimum absolute atomic E-state index is 0.0211. The lowest BCUT2D eigenvalue weighted by molar-refractivity contribution is -0.384. The number of carbonyl (C=O) groups is 1. The van der Waals surface area contributed by atoms with E-state index in [0.29, 0.717) is 24.5 Å². The molecule has 32 heavy (non-hydrogen) atoms. The average molecular weight is 434 g/mol. The van der Waals surface area contributed by atoms with Crippen LogP contribution in [0, 0.1) is 24.0 Å². The van der Waals surface area contributed by atoms with E-state index in [4.69, 9.17) is 5.10 Å². The van der Waals surface area contributed by atoms with E-state index < -0.39 is 4.92 Å². The van der Waals surface area contributed by atoms with Crippen LogP contribution in [0.1, 0.15) is 28.5 Å². The van der Waals surface area contributed by atoms with Gasteiger partial charge in [-0.3, -0.25) is 14.9 Å². The van der Waals surface area contributed by atoms with Gasteiger partial charge in [0.15, 0.2) is 0 Å². The van der Waals surface area contributed by atoms with Crippen LogP contribution in [0.15, 0.2) is 48.5 Å². The smallest absolute Gasteiger partial charge is 0.272 e. The minimum atomic E-state index is -0.427. The quantitative estimate of drug-likeness (QED) is 0.451. The predicted octanol–water partition coefficient (Wildman–Crippen LogP) is 3.84. The van der Waals surface area contributed by atoms with Crippen LogP contribution in [-0.4, -0.2) is 63.1 Å². The molecule has 2 heterocycles. The highest BCUT2D eigenvalue weighted by atomic mass is 16.6. The van der Waals surface area contributed by atoms with Gasteiger partial charge >= 0.3 is 0 Å². The number of hydrogen-bond donors (Lipinski definition) is 0. The monoisotopic (exact) mass is 433 g/mol. The first-order valence-electron chi connectivity index (χ1n) is 10.8. The topological polar surface area (TPSA) is 84.5 Å². The molecule has 166 valence electrons. The van der Waals surface area contributed by atoms with E-state index in [0.717, 1.165) is 42.0 Å². The molecule has 3 aromatic rings. The van der Waals surface area contributed by atoms with Crippen LogP contribution in [0.25, 0.3) is 16.9 Å². The number of rotatable bonds is 5. The van der Waals surface area contributed by atoms with Gasteiger partial charge in [-0.2, -0.15) is 5.10 Å². The maximum Gasteiger partial charge on any atom is 0.272 e. The molecule has 1 saturated heterocycles. The van der Waals surface area contributed by atoms with Crippen molar-refractivity contribution in [2.75, 3.05) is 32.7 Å². The third-order valence-electron chi connectivity index (χ3n) is 6.00. The SMILES string of the molecule is CCN1CCN(C(=O)c2cc(-c3ccc([N+](=O)[O-])cc3)nn2-c2cc(C)ccc2C)CC1. The Morgan fingerprint density at radius 1 is 1.03 bits per heavy atom. The molecule has 4 rings (SSSR count). The van der Waals surface area contributed by atoms with E-state index >= 15 is 0 Å². The number of non-ortho nitro benzene ring substituents is 1. The summed E-state index contributed by atoms with van der Waals surface area (Å²) < 4.78 is 1.72. The van der Waals surface area contributed by atoms with Gasteiger partial charge in [0.2, 0.25) is 0 Å². The second kappa shape index (κ2) is 8.92. The van der Waals surface area contributed by atoms with Crippen LogP contribution in [0.2, 0.25) is 0 Å². The third-order valence-corrected chi connectivity index (χ3v) is 6.00. The number of amides is 1. The second-order valence-electron chi connectivity index (χ2n) is 8.15. The summed E-state index contributed by atoms with van der Waals surface area (Å²) in [5, 5.41) is 15.8. The fourth-order valence-electron chi connectivity index (χ4n) is 3.99. The molecule has 0 radical (unpaired) electrons. The molecular formula is C24H27N5O3. The van der Waals surface area contributed by atoms with Gasteiger partial charge in [-0.05, 0) is 55.8 Å². The van der Waals surface area contributed by atoms with Gasteiger partial charge in [-0.1, -0.05) is 19.1 Å². The molecule has 0 atom stereocenters. The minimum Gasteiger partial charge on any atom is -0.335 e. The van der Waals surface area contributed by atoms with Crippen molar-refractivity contribution in [1.82, 2.24) is 19.6 Å². The van der Waals surface area contributed by atoms with Gasteiger partial charge in [-0.15, -0.1) is 0 Å². The highest BCUT2D eigenvalue weighted by molar-refractivity contribution is 5.94. The van der Waals surface area contributed by atoms with Crippen LogP contribution in [0.4, 0.5) is 5.69 Å².